The summed E-state index contributed by atoms with van der Waals surface area (Å²) in [4.78, 5) is 25.2. The van der Waals surface area contributed by atoms with Crippen LogP contribution in [0.1, 0.15) is 58.1 Å². The van der Waals surface area contributed by atoms with Crippen molar-refractivity contribution in [2.45, 2.75) is 67.6 Å². The molecule has 1 aliphatic carbocycles. The maximum absolute atomic E-state index is 11.8. The van der Waals surface area contributed by atoms with Crippen LogP contribution >= 0.6 is 23.6 Å². The third-order valence-electron chi connectivity index (χ3n) is 9.09. The van der Waals surface area contributed by atoms with E-state index in [1.807, 2.05) is 45.9 Å². The summed E-state index contributed by atoms with van der Waals surface area (Å²) in [6.45, 7) is 6.63. The number of anilines is 1. The molecular weight excluding hydrogens is 813 g/mol. The molecule has 52 heavy (non-hydrogen) atoms. The molecule has 0 spiro atoms. The fraction of sp³-hybridized carbons (Fsp3) is 0.324. The van der Waals surface area contributed by atoms with Gasteiger partial charge in [0.05, 0.1) is 34.9 Å². The van der Waals surface area contributed by atoms with Crippen molar-refractivity contribution in [3.8, 4) is 0 Å². The second-order valence-corrected chi connectivity index (χ2v) is 15.4. The first-order valence-corrected chi connectivity index (χ1v) is 17.7. The molecule has 0 saturated heterocycles. The number of halogens is 1. The van der Waals surface area contributed by atoms with Crippen molar-refractivity contribution in [3.05, 3.63) is 93.7 Å². The number of nitrogens with zero attached hydrogens (tertiary/aromatic N) is 2. The predicted octanol–water partition coefficient (Wildman–Crippen LogP) is -6.45. The molecule has 5 rings (SSSR count). The molecule has 12 nitrogen and oxygen atoms in total. The van der Waals surface area contributed by atoms with E-state index >= 15 is 0 Å². The van der Waals surface area contributed by atoms with Crippen molar-refractivity contribution in [1.82, 2.24) is 0 Å². The molecule has 2 heterocycles. The smallest absolute Gasteiger partial charge is 0.744 e. The van der Waals surface area contributed by atoms with Crippen molar-refractivity contribution in [2.24, 2.45) is 0 Å². The first-order chi connectivity index (χ1) is 23.0. The van der Waals surface area contributed by atoms with Crippen molar-refractivity contribution < 1.29 is 206 Å². The van der Waals surface area contributed by atoms with Gasteiger partial charge < -0.3 is 34.5 Å². The van der Waals surface area contributed by atoms with E-state index in [1.165, 1.54) is 17.0 Å². The Morgan fingerprint density at radius 1 is 0.962 bits per heavy atom. The van der Waals surface area contributed by atoms with E-state index in [0.29, 0.717) is 51.1 Å². The van der Waals surface area contributed by atoms with E-state index in [0.717, 1.165) is 41.2 Å². The molecule has 0 bridgehead atoms. The maximum Gasteiger partial charge on any atom is 1.00 e. The van der Waals surface area contributed by atoms with Crippen LogP contribution in [0, 0.1) is 0 Å². The number of hydrogen-bond acceptors (Lipinski definition) is 12. The van der Waals surface area contributed by atoms with E-state index in [2.05, 4.69) is 9.37 Å². The van der Waals surface area contributed by atoms with Gasteiger partial charge in [0, 0.05) is 44.4 Å². The van der Waals surface area contributed by atoms with Gasteiger partial charge in [0.1, 0.15) is 16.1 Å². The molecule has 260 valence electrons. The van der Waals surface area contributed by atoms with Gasteiger partial charge in [-0.05, 0) is 86.2 Å². The fourth-order valence-electron chi connectivity index (χ4n) is 6.74. The third kappa shape index (κ3) is 10.8. The number of carbonyl (C=O) groups excluding carboxylic acids is 2. The number of carboxylic acid groups (broad SMARTS) is 2. The van der Waals surface area contributed by atoms with Crippen LogP contribution in [0.15, 0.2) is 92.4 Å². The molecule has 0 saturated carbocycles. The van der Waals surface area contributed by atoms with E-state index in [-0.39, 0.29) is 154 Å². The zero-order chi connectivity index (χ0) is 35.9. The topological polar surface area (TPSA) is 185 Å². The monoisotopic (exact) mass is 844 g/mol. The molecule has 0 radical (unpaired) electrons. The third-order valence-corrected chi connectivity index (χ3v) is 11.0. The summed E-state index contributed by atoms with van der Waals surface area (Å²) in [6.07, 6.45) is 9.30. The van der Waals surface area contributed by atoms with Crippen LogP contribution in [-0.4, -0.2) is 48.3 Å². The summed E-state index contributed by atoms with van der Waals surface area (Å²) in [7, 11) is -4.74. The Bertz CT molecular complexity index is 2010. The van der Waals surface area contributed by atoms with E-state index < -0.39 is 50.9 Å². The molecule has 0 N–H and O–H groups in total. The van der Waals surface area contributed by atoms with Crippen LogP contribution in [-0.2, 0) is 39.9 Å². The largest absolute Gasteiger partial charge is 1.00 e. The van der Waals surface area contributed by atoms with Gasteiger partial charge in [-0.1, -0.05) is 37.6 Å². The van der Waals surface area contributed by atoms with Crippen LogP contribution in [0.2, 0.25) is 0 Å². The molecule has 0 amide bonds. The summed E-state index contributed by atoms with van der Waals surface area (Å²) in [5, 5.41) is 37.8. The summed E-state index contributed by atoms with van der Waals surface area (Å²) in [6, 6.07) is 9.09. The molecule has 0 aromatic heterocycles. The summed E-state index contributed by atoms with van der Waals surface area (Å²) >= 11 is 7.69. The Kier molecular flexibility index (Phi) is 19.2. The number of carboxylic acids is 2. The van der Waals surface area contributed by atoms with Crippen LogP contribution in [0.3, 0.4) is 0 Å². The molecule has 3 aliphatic rings. The van der Waals surface area contributed by atoms with Gasteiger partial charge in [-0.25, -0.2) is 8.42 Å². The van der Waals surface area contributed by atoms with Crippen LogP contribution in [0.25, 0.3) is 0 Å². The van der Waals surface area contributed by atoms with Gasteiger partial charge in [-0.15, -0.1) is 0 Å². The summed E-state index contributed by atoms with van der Waals surface area (Å²) in [5.74, 6) is -2.60. The van der Waals surface area contributed by atoms with Crippen molar-refractivity contribution >= 4 is 62.8 Å². The first-order valence-electron chi connectivity index (χ1n) is 15.2. The minimum Gasteiger partial charge on any atom is -0.744 e. The van der Waals surface area contributed by atoms with Crippen molar-refractivity contribution in [1.29, 1.82) is 0 Å². The Hall–Kier alpha value is 1.15. The summed E-state index contributed by atoms with van der Waals surface area (Å²) < 4.78 is 41.4. The maximum atomic E-state index is 11.8. The van der Waals surface area contributed by atoms with Gasteiger partial charge in [0.15, 0.2) is 12.3 Å². The van der Waals surface area contributed by atoms with Gasteiger partial charge in [-0.3, -0.25) is 5.04 Å². The second kappa shape index (κ2) is 20.2. The van der Waals surface area contributed by atoms with E-state index in [1.54, 1.807) is 28.9 Å². The number of carbonyl (C=O) groups is 2. The number of aliphatic carboxylic acids is 2. The Morgan fingerprint density at radius 3 is 2.27 bits per heavy atom. The van der Waals surface area contributed by atoms with Crippen LogP contribution in [0.4, 0.5) is 11.4 Å². The Balaban J connectivity index is 0.00000312. The van der Waals surface area contributed by atoms with Gasteiger partial charge >= 0.3 is 154 Å². The number of fused-ring (bicyclic) bond motifs is 2. The van der Waals surface area contributed by atoms with Gasteiger partial charge in [0.2, 0.25) is 5.69 Å². The number of allylic oxidation sites excluding steroid dienone is 8. The molecule has 2 aromatic carbocycles. The molecular formula is C34H32ClK3N2O10S2. The van der Waals surface area contributed by atoms with Crippen molar-refractivity contribution in [2.75, 3.05) is 18.0 Å². The molecule has 18 heteroatoms. The molecule has 2 aromatic rings. The quantitative estimate of drug-likeness (QED) is 0.0522. The number of benzene rings is 2. The normalized spacial score (nSPS) is 18.9. The fourth-order valence-corrected chi connectivity index (χ4v) is 7.94. The van der Waals surface area contributed by atoms with Gasteiger partial charge in [0.25, 0.3) is 0 Å². The molecule has 2 aliphatic heterocycles. The zero-order valence-electron chi connectivity index (χ0n) is 30.0. The van der Waals surface area contributed by atoms with Gasteiger partial charge in [-0.2, -0.15) is 8.91 Å². The predicted molar refractivity (Wildman–Crippen MR) is 174 cm³/mol. The van der Waals surface area contributed by atoms with E-state index in [4.69, 9.17) is 11.6 Å². The SMILES string of the molecule is CC1(C)C(/C=C/C2=C(Cl)C(=C/C=C3/N(CC(=O)[O-])c4ccc(S(=O)(=O)[O-])cc4C3(C)C)/CCC2)=[N+](CC(=O)[O-])c2ccc(SOO[O-])cc21.[K+].[K+].[K+]. The Morgan fingerprint density at radius 2 is 1.65 bits per heavy atom. The molecule has 0 atom stereocenters. The van der Waals surface area contributed by atoms with Crippen LogP contribution < -0.4 is 175 Å². The average Bonchev–Trinajstić information content (AvgIpc) is 3.35. The minimum absolute atomic E-state index is 0. The average molecular weight is 846 g/mol. The van der Waals surface area contributed by atoms with E-state index in [9.17, 15) is 38.0 Å². The number of hydrogen-bond donors (Lipinski definition) is 0. The minimum atomic E-state index is -4.74. The summed E-state index contributed by atoms with van der Waals surface area (Å²) in [5.41, 5.74) is 3.73. The first kappa shape index (κ1) is 49.3. The van der Waals surface area contributed by atoms with Crippen LogP contribution in [0.5, 0.6) is 0 Å². The zero-order valence-corrected chi connectivity index (χ0v) is 41.7. The standard InChI is InChI=1S/C34H35ClN2O10S2.3K/c1-33(2)24-16-22(48-47-46-42)10-12-26(24)36(18-30(38)39)28(33)14-8-20-6-5-7-21(32(20)35)9-15-29-34(3,4)25-17-23(49(43,44)45)11-13-27(25)37(29)19-31(40)41;;;/h8-17H,5-7,18-19H2,1-4H3,(H3-,38,39,40,41,42,43,44,45);;;/q;3*+1/p-3. The second-order valence-electron chi connectivity index (χ2n) is 12.9. The molecule has 0 fully saturated rings. The number of rotatable bonds is 11. The Labute approximate surface area is 439 Å². The van der Waals surface area contributed by atoms with Crippen molar-refractivity contribution in [3.63, 3.8) is 0 Å². The molecule has 0 unspecified atom stereocenters.